The Kier molecular flexibility index (Phi) is 4.99. The molecule has 0 unspecified atom stereocenters. The van der Waals surface area contributed by atoms with Crippen molar-refractivity contribution in [2.24, 2.45) is 0 Å². The largest absolute Gasteiger partial charge is 0.512 e. The molecule has 0 bridgehead atoms. The van der Waals surface area contributed by atoms with Crippen molar-refractivity contribution in [2.45, 2.75) is 19.8 Å². The molecule has 1 rings (SSSR count). The van der Waals surface area contributed by atoms with E-state index < -0.39 is 0 Å². The molecule has 1 aliphatic carbocycles. The highest BCUT2D eigenvalue weighted by Crippen LogP contribution is 2.31. The summed E-state index contributed by atoms with van der Waals surface area (Å²) in [6, 6.07) is 0. The summed E-state index contributed by atoms with van der Waals surface area (Å²) in [5.74, 6) is 0.602. The zero-order valence-electron chi connectivity index (χ0n) is 9.31. The Bertz CT molecular complexity index is 387. The molecule has 0 spiro atoms. The van der Waals surface area contributed by atoms with Gasteiger partial charge in [0.25, 0.3) is 0 Å². The van der Waals surface area contributed by atoms with Crippen LogP contribution in [0.3, 0.4) is 0 Å². The average Bonchev–Trinajstić information content (AvgIpc) is 2.29. The van der Waals surface area contributed by atoms with Crippen LogP contribution in [0.5, 0.6) is 0 Å². The lowest BCUT2D eigenvalue weighted by molar-refractivity contribution is 0.387. The molecule has 0 radical (unpaired) electrons. The molecule has 3 heteroatoms. The van der Waals surface area contributed by atoms with Gasteiger partial charge in [-0.2, -0.15) is 0 Å². The first-order chi connectivity index (χ1) is 7.61. The molecule has 1 aliphatic rings. The molecule has 0 saturated carbocycles. The molecular formula is C13H16O2S. The molecule has 0 aromatic rings. The lowest BCUT2D eigenvalue weighted by atomic mass is 10.2. The first kappa shape index (κ1) is 12.7. The van der Waals surface area contributed by atoms with E-state index in [9.17, 15) is 10.2 Å². The van der Waals surface area contributed by atoms with E-state index in [2.05, 4.69) is 6.58 Å². The van der Waals surface area contributed by atoms with Crippen molar-refractivity contribution in [1.29, 1.82) is 0 Å². The monoisotopic (exact) mass is 236 g/mol. The molecule has 0 fully saturated rings. The molecule has 0 amide bonds. The summed E-state index contributed by atoms with van der Waals surface area (Å²) in [4.78, 5) is 2.31. The molecule has 0 saturated heterocycles. The summed E-state index contributed by atoms with van der Waals surface area (Å²) in [7, 11) is 0. The van der Waals surface area contributed by atoms with Crippen molar-refractivity contribution in [2.75, 3.05) is 0 Å². The Balaban J connectivity index is 2.58. The Hall–Kier alpha value is -1.35. The second-order valence-corrected chi connectivity index (χ2v) is 4.84. The zero-order valence-corrected chi connectivity index (χ0v) is 10.1. The van der Waals surface area contributed by atoms with E-state index in [-0.39, 0.29) is 5.76 Å². The summed E-state index contributed by atoms with van der Waals surface area (Å²) in [6.07, 6.45) is 10.1. The molecule has 2 nitrogen and oxygen atoms in total. The minimum atomic E-state index is 0.162. The Morgan fingerprint density at radius 2 is 2.12 bits per heavy atom. The predicted octanol–water partition coefficient (Wildman–Crippen LogP) is 4.37. The van der Waals surface area contributed by atoms with Crippen LogP contribution in [0.2, 0.25) is 0 Å². The number of thioether (sulfide) groups is 1. The lowest BCUT2D eigenvalue weighted by Gasteiger charge is -2.10. The van der Waals surface area contributed by atoms with E-state index in [0.29, 0.717) is 12.2 Å². The van der Waals surface area contributed by atoms with Crippen LogP contribution in [0.25, 0.3) is 0 Å². The molecule has 0 aromatic carbocycles. The SMILES string of the molecule is C=C/C(O)=C\C=C(/C)SC1=CC=C(O)CC1. The van der Waals surface area contributed by atoms with Gasteiger partial charge in [-0.1, -0.05) is 18.3 Å². The van der Waals surface area contributed by atoms with Crippen LogP contribution >= 0.6 is 11.8 Å². The minimum absolute atomic E-state index is 0.162. The highest BCUT2D eigenvalue weighted by molar-refractivity contribution is 8.06. The van der Waals surface area contributed by atoms with E-state index in [1.807, 2.05) is 19.1 Å². The number of aliphatic hydroxyl groups is 2. The Morgan fingerprint density at radius 1 is 1.38 bits per heavy atom. The van der Waals surface area contributed by atoms with Crippen molar-refractivity contribution in [3.63, 3.8) is 0 Å². The lowest BCUT2D eigenvalue weighted by Crippen LogP contribution is -1.89. The van der Waals surface area contributed by atoms with Gasteiger partial charge in [-0.3, -0.25) is 0 Å². The Labute approximate surface area is 100 Å². The fraction of sp³-hybridized carbons (Fsp3) is 0.231. The fourth-order valence-corrected chi connectivity index (χ4v) is 2.09. The summed E-state index contributed by atoms with van der Waals surface area (Å²) >= 11 is 1.65. The van der Waals surface area contributed by atoms with Crippen molar-refractivity contribution >= 4 is 11.8 Å². The fourth-order valence-electron chi connectivity index (χ4n) is 1.20. The van der Waals surface area contributed by atoms with Crippen molar-refractivity contribution in [3.05, 3.63) is 58.3 Å². The third-order valence-electron chi connectivity index (χ3n) is 2.08. The third kappa shape index (κ3) is 4.45. The molecule has 0 heterocycles. The highest BCUT2D eigenvalue weighted by Gasteiger charge is 2.05. The van der Waals surface area contributed by atoms with Gasteiger partial charge in [0.2, 0.25) is 0 Å². The predicted molar refractivity (Wildman–Crippen MR) is 70.3 cm³/mol. The normalized spacial score (nSPS) is 17.8. The van der Waals surface area contributed by atoms with Gasteiger partial charge in [0.1, 0.15) is 5.76 Å². The minimum Gasteiger partial charge on any atom is -0.512 e. The molecule has 0 aromatic heterocycles. The van der Waals surface area contributed by atoms with Crippen LogP contribution in [0, 0.1) is 0 Å². The smallest absolute Gasteiger partial charge is 0.115 e. The average molecular weight is 236 g/mol. The van der Waals surface area contributed by atoms with Gasteiger partial charge >= 0.3 is 0 Å². The third-order valence-corrected chi connectivity index (χ3v) is 3.14. The van der Waals surface area contributed by atoms with Crippen molar-refractivity contribution in [1.82, 2.24) is 0 Å². The maximum absolute atomic E-state index is 9.21. The van der Waals surface area contributed by atoms with Gasteiger partial charge < -0.3 is 10.2 Å². The van der Waals surface area contributed by atoms with E-state index in [0.717, 1.165) is 11.3 Å². The maximum atomic E-state index is 9.21. The second kappa shape index (κ2) is 6.28. The summed E-state index contributed by atoms with van der Waals surface area (Å²) in [6.45, 7) is 5.44. The standard InChI is InChI=1S/C13H16O2S/c1-3-11(14)5-4-10(2)16-13-8-6-12(15)7-9-13/h3-6,8,14-15H,1,7,9H2,2H3/b10-4+,11-5+. The van der Waals surface area contributed by atoms with Crippen LogP contribution in [-0.2, 0) is 0 Å². The molecular weight excluding hydrogens is 220 g/mol. The van der Waals surface area contributed by atoms with Crippen molar-refractivity contribution < 1.29 is 10.2 Å². The van der Waals surface area contributed by atoms with Gasteiger partial charge in [0.05, 0.1) is 5.76 Å². The molecule has 16 heavy (non-hydrogen) atoms. The molecule has 0 aliphatic heterocycles. The van der Waals surface area contributed by atoms with E-state index in [1.165, 1.54) is 11.0 Å². The van der Waals surface area contributed by atoms with Crippen LogP contribution in [0.4, 0.5) is 0 Å². The van der Waals surface area contributed by atoms with Gasteiger partial charge in [0.15, 0.2) is 0 Å². The van der Waals surface area contributed by atoms with Gasteiger partial charge in [-0.15, -0.1) is 0 Å². The van der Waals surface area contributed by atoms with Crippen LogP contribution in [0.15, 0.2) is 58.3 Å². The van der Waals surface area contributed by atoms with Gasteiger partial charge in [-0.25, -0.2) is 0 Å². The number of allylic oxidation sites excluding steroid dienone is 8. The Morgan fingerprint density at radius 3 is 2.69 bits per heavy atom. The summed E-state index contributed by atoms with van der Waals surface area (Å²) < 4.78 is 0. The van der Waals surface area contributed by atoms with Crippen molar-refractivity contribution in [3.8, 4) is 0 Å². The molecule has 2 N–H and O–H groups in total. The maximum Gasteiger partial charge on any atom is 0.115 e. The number of rotatable bonds is 4. The molecule has 86 valence electrons. The van der Waals surface area contributed by atoms with Gasteiger partial charge in [0, 0.05) is 6.42 Å². The van der Waals surface area contributed by atoms with E-state index in [1.54, 1.807) is 23.9 Å². The first-order valence-electron chi connectivity index (χ1n) is 5.08. The van der Waals surface area contributed by atoms with Crippen LogP contribution in [-0.4, -0.2) is 10.2 Å². The second-order valence-electron chi connectivity index (χ2n) is 3.47. The molecule has 0 atom stereocenters. The summed E-state index contributed by atoms with van der Waals surface area (Å²) in [5, 5.41) is 18.4. The highest BCUT2D eigenvalue weighted by atomic mass is 32.2. The van der Waals surface area contributed by atoms with Gasteiger partial charge in [-0.05, 0) is 53.5 Å². The number of hydrogen-bond donors (Lipinski definition) is 2. The van der Waals surface area contributed by atoms with E-state index in [4.69, 9.17) is 0 Å². The zero-order chi connectivity index (χ0) is 12.0. The number of hydrogen-bond acceptors (Lipinski definition) is 3. The summed E-state index contributed by atoms with van der Waals surface area (Å²) in [5.41, 5.74) is 0. The van der Waals surface area contributed by atoms with Crippen LogP contribution in [0.1, 0.15) is 19.8 Å². The van der Waals surface area contributed by atoms with Crippen LogP contribution < -0.4 is 0 Å². The van der Waals surface area contributed by atoms with E-state index >= 15 is 0 Å². The topological polar surface area (TPSA) is 40.5 Å². The number of aliphatic hydroxyl groups excluding tert-OH is 2. The first-order valence-corrected chi connectivity index (χ1v) is 5.90. The quantitative estimate of drug-likeness (QED) is 0.562.